The molecule has 0 amide bonds. The van der Waals surface area contributed by atoms with E-state index in [1.165, 1.54) is 18.2 Å². The predicted molar refractivity (Wildman–Crippen MR) is 142 cm³/mol. The Morgan fingerprint density at radius 2 is 1.82 bits per heavy atom. The Labute approximate surface area is 225 Å². The summed E-state index contributed by atoms with van der Waals surface area (Å²) in [5.74, 6) is -0.267. The first-order chi connectivity index (χ1) is 18.8. The Morgan fingerprint density at radius 1 is 1.08 bits per heavy atom. The van der Waals surface area contributed by atoms with Crippen LogP contribution in [0.15, 0.2) is 48.9 Å². The van der Waals surface area contributed by atoms with Gasteiger partial charge in [-0.1, -0.05) is 26.8 Å². The molecular weight excluding hydrogens is 500 g/mol. The number of nitrogens with zero attached hydrogens (tertiary/aromatic N) is 6. The number of halogens is 2. The van der Waals surface area contributed by atoms with Crippen LogP contribution in [0.4, 0.5) is 14.7 Å². The molecule has 0 radical (unpaired) electrons. The summed E-state index contributed by atoms with van der Waals surface area (Å²) < 4.78 is 29.1. The van der Waals surface area contributed by atoms with Crippen LogP contribution in [-0.4, -0.2) is 47.9 Å². The molecule has 0 saturated heterocycles. The molecule has 0 unspecified atom stereocenters. The maximum Gasteiger partial charge on any atom is 0.222 e. The summed E-state index contributed by atoms with van der Waals surface area (Å²) in [7, 11) is 0. The molecule has 3 aromatic heterocycles. The van der Waals surface area contributed by atoms with Crippen molar-refractivity contribution in [2.75, 3.05) is 11.9 Å². The summed E-state index contributed by atoms with van der Waals surface area (Å²) in [4.78, 5) is 18.2. The second kappa shape index (κ2) is 9.37. The standard InChI is InChI=1S/C29H29F2N7O/c1-4-17(39)15-35-27-33-13-16(14-34-27)26-32-11-9-23(36-26)29-10-8-19(28(29,2)3)18-12-22(37-38-25(18)29)24-20(30)6-5-7-21(24)31/h5-7,9,11-14,17,19,39H,4,8,10,15H2,1-3H3,(H,33,34,35)/t17-,19+,29+/m1/s1. The van der Waals surface area contributed by atoms with E-state index in [2.05, 4.69) is 44.3 Å². The Hall–Kier alpha value is -3.92. The number of anilines is 1. The fourth-order valence-electron chi connectivity index (χ4n) is 6.38. The second-order valence-corrected chi connectivity index (χ2v) is 10.9. The van der Waals surface area contributed by atoms with Crippen LogP contribution < -0.4 is 5.32 Å². The molecule has 39 heavy (non-hydrogen) atoms. The van der Waals surface area contributed by atoms with Crippen LogP contribution in [0.2, 0.25) is 0 Å². The van der Waals surface area contributed by atoms with Gasteiger partial charge in [0.2, 0.25) is 5.95 Å². The zero-order chi connectivity index (χ0) is 27.4. The summed E-state index contributed by atoms with van der Waals surface area (Å²) in [6.07, 6.45) is 6.95. The number of rotatable bonds is 7. The maximum absolute atomic E-state index is 14.5. The summed E-state index contributed by atoms with van der Waals surface area (Å²) in [5, 5.41) is 21.7. The van der Waals surface area contributed by atoms with Gasteiger partial charge in [-0.15, -0.1) is 5.10 Å². The third-order valence-corrected chi connectivity index (χ3v) is 8.57. The van der Waals surface area contributed by atoms with Crippen molar-refractivity contribution in [1.82, 2.24) is 30.1 Å². The fourth-order valence-corrected chi connectivity index (χ4v) is 6.38. The first-order valence-corrected chi connectivity index (χ1v) is 13.2. The van der Waals surface area contributed by atoms with E-state index < -0.39 is 23.2 Å². The minimum Gasteiger partial charge on any atom is -0.391 e. The Bertz CT molecular complexity index is 1530. The number of fused-ring (bicyclic) bond motifs is 5. The van der Waals surface area contributed by atoms with Crippen molar-refractivity contribution in [2.45, 2.75) is 57.5 Å². The minimum atomic E-state index is -0.660. The molecule has 10 heteroatoms. The molecule has 2 N–H and O–H groups in total. The Kier molecular flexibility index (Phi) is 6.10. The van der Waals surface area contributed by atoms with Gasteiger partial charge in [0.15, 0.2) is 5.82 Å². The third-order valence-electron chi connectivity index (χ3n) is 8.57. The van der Waals surface area contributed by atoms with Gasteiger partial charge in [-0.25, -0.2) is 28.7 Å². The predicted octanol–water partition coefficient (Wildman–Crippen LogP) is 5.05. The monoisotopic (exact) mass is 529 g/mol. The van der Waals surface area contributed by atoms with Gasteiger partial charge in [0.05, 0.1) is 39.7 Å². The van der Waals surface area contributed by atoms with Gasteiger partial charge in [-0.3, -0.25) is 0 Å². The number of aromatic nitrogens is 6. The van der Waals surface area contributed by atoms with Crippen molar-refractivity contribution in [2.24, 2.45) is 5.41 Å². The number of aliphatic hydroxyl groups is 1. The zero-order valence-electron chi connectivity index (χ0n) is 22.0. The highest BCUT2D eigenvalue weighted by molar-refractivity contribution is 5.64. The van der Waals surface area contributed by atoms with E-state index in [9.17, 15) is 13.9 Å². The average molecular weight is 530 g/mol. The lowest BCUT2D eigenvalue weighted by molar-refractivity contribution is 0.183. The van der Waals surface area contributed by atoms with Crippen LogP contribution in [0.25, 0.3) is 22.6 Å². The van der Waals surface area contributed by atoms with Crippen LogP contribution in [-0.2, 0) is 5.41 Å². The zero-order valence-corrected chi connectivity index (χ0v) is 22.0. The van der Waals surface area contributed by atoms with Gasteiger partial charge >= 0.3 is 0 Å². The molecule has 8 nitrogen and oxygen atoms in total. The van der Waals surface area contributed by atoms with Crippen molar-refractivity contribution in [3.05, 3.63) is 77.5 Å². The second-order valence-electron chi connectivity index (χ2n) is 10.9. The molecule has 3 heterocycles. The lowest BCUT2D eigenvalue weighted by atomic mass is 9.66. The van der Waals surface area contributed by atoms with E-state index in [0.717, 1.165) is 29.8 Å². The van der Waals surface area contributed by atoms with Gasteiger partial charge in [0.25, 0.3) is 0 Å². The van der Waals surface area contributed by atoms with Gasteiger partial charge in [0.1, 0.15) is 11.6 Å². The molecule has 0 aliphatic heterocycles. The van der Waals surface area contributed by atoms with E-state index in [1.807, 2.05) is 13.0 Å². The number of nitrogens with one attached hydrogen (secondary N) is 1. The topological polar surface area (TPSA) is 110 Å². The van der Waals surface area contributed by atoms with Gasteiger partial charge < -0.3 is 10.4 Å². The average Bonchev–Trinajstić information content (AvgIpc) is 3.33. The van der Waals surface area contributed by atoms with Crippen molar-refractivity contribution >= 4 is 5.95 Å². The first kappa shape index (κ1) is 25.4. The molecule has 4 aromatic rings. The molecule has 200 valence electrons. The highest BCUT2D eigenvalue weighted by Gasteiger charge is 2.65. The highest BCUT2D eigenvalue weighted by atomic mass is 19.1. The van der Waals surface area contributed by atoms with Gasteiger partial charge in [-0.05, 0) is 60.4 Å². The fraction of sp³-hybridized carbons (Fsp3) is 0.379. The van der Waals surface area contributed by atoms with Crippen LogP contribution >= 0.6 is 0 Å². The van der Waals surface area contributed by atoms with E-state index in [0.29, 0.717) is 30.3 Å². The molecule has 6 rings (SSSR count). The molecule has 0 spiro atoms. The molecule has 1 fully saturated rings. The van der Waals surface area contributed by atoms with Crippen LogP contribution in [0.3, 0.4) is 0 Å². The van der Waals surface area contributed by atoms with Crippen molar-refractivity contribution in [3.63, 3.8) is 0 Å². The minimum absolute atomic E-state index is 0.141. The molecule has 2 aliphatic carbocycles. The lowest BCUT2D eigenvalue weighted by Crippen LogP contribution is -2.38. The van der Waals surface area contributed by atoms with E-state index in [4.69, 9.17) is 4.98 Å². The highest BCUT2D eigenvalue weighted by Crippen LogP contribution is 2.69. The third kappa shape index (κ3) is 3.88. The van der Waals surface area contributed by atoms with Crippen LogP contribution in [0.1, 0.15) is 62.9 Å². The molecule has 1 aromatic carbocycles. The number of hydrogen-bond acceptors (Lipinski definition) is 8. The number of aliphatic hydroxyl groups excluding tert-OH is 1. The summed E-state index contributed by atoms with van der Waals surface area (Å²) in [6.45, 7) is 6.67. The van der Waals surface area contributed by atoms with Crippen molar-refractivity contribution in [3.8, 4) is 22.6 Å². The summed E-state index contributed by atoms with van der Waals surface area (Å²) in [5.41, 5.74) is 2.52. The van der Waals surface area contributed by atoms with E-state index in [-0.39, 0.29) is 22.6 Å². The summed E-state index contributed by atoms with van der Waals surface area (Å²) >= 11 is 0. The van der Waals surface area contributed by atoms with E-state index in [1.54, 1.807) is 24.7 Å². The molecule has 2 bridgehead atoms. The van der Waals surface area contributed by atoms with E-state index >= 15 is 0 Å². The molecule has 1 saturated carbocycles. The van der Waals surface area contributed by atoms with Crippen LogP contribution in [0.5, 0.6) is 0 Å². The van der Waals surface area contributed by atoms with Gasteiger partial charge in [-0.2, -0.15) is 5.10 Å². The smallest absolute Gasteiger partial charge is 0.222 e. The Balaban J connectivity index is 1.38. The lowest BCUT2D eigenvalue weighted by Gasteiger charge is -2.37. The molecular formula is C29H29F2N7O. The van der Waals surface area contributed by atoms with Crippen molar-refractivity contribution < 1.29 is 13.9 Å². The normalized spacial score (nSPS) is 21.5. The Morgan fingerprint density at radius 3 is 2.54 bits per heavy atom. The quantitative estimate of drug-likeness (QED) is 0.342. The number of benzene rings is 1. The number of hydrogen-bond donors (Lipinski definition) is 2. The molecule has 3 atom stereocenters. The largest absolute Gasteiger partial charge is 0.391 e. The summed E-state index contributed by atoms with van der Waals surface area (Å²) in [6, 6.07) is 7.52. The first-order valence-electron chi connectivity index (χ1n) is 13.2. The SMILES string of the molecule is CC[C@@H](O)CNc1ncc(-c2nccc([C@@]34CC[C@@H](c5cc(-c6c(F)cccc6F)nnc53)C4(C)C)n2)cn1. The van der Waals surface area contributed by atoms with Crippen molar-refractivity contribution in [1.29, 1.82) is 0 Å². The molecule has 2 aliphatic rings. The maximum atomic E-state index is 14.5. The van der Waals surface area contributed by atoms with Crippen LogP contribution in [0, 0.1) is 17.0 Å². The van der Waals surface area contributed by atoms with Gasteiger partial charge in [0, 0.05) is 25.1 Å².